The molecule has 42 heavy (non-hydrogen) atoms. The number of carbonyl (C=O) groups excluding carboxylic acids is 1. The van der Waals surface area contributed by atoms with Crippen LogP contribution in [-0.2, 0) is 22.7 Å². The van der Waals surface area contributed by atoms with E-state index in [9.17, 15) is 10.1 Å². The Bertz CT molecular complexity index is 1860. The Hall–Kier alpha value is -3.45. The lowest BCUT2D eigenvalue weighted by molar-refractivity contribution is 0.0636. The Kier molecular flexibility index (Phi) is 6.21. The maximum atomic E-state index is 15.2. The van der Waals surface area contributed by atoms with Gasteiger partial charge in [-0.1, -0.05) is 6.92 Å². The summed E-state index contributed by atoms with van der Waals surface area (Å²) in [5.41, 5.74) is 3.37. The first-order valence-corrected chi connectivity index (χ1v) is 15.4. The first-order valence-electron chi connectivity index (χ1n) is 14.0. The van der Waals surface area contributed by atoms with E-state index in [1.54, 1.807) is 20.8 Å². The van der Waals surface area contributed by atoms with Crippen molar-refractivity contribution < 1.29 is 18.7 Å². The second kappa shape index (κ2) is 9.53. The summed E-state index contributed by atoms with van der Waals surface area (Å²) in [7, 11) is 2.81. The van der Waals surface area contributed by atoms with Crippen molar-refractivity contribution in [1.29, 1.82) is 5.26 Å². The first-order chi connectivity index (χ1) is 20.0. The van der Waals surface area contributed by atoms with Gasteiger partial charge in [-0.15, -0.1) is 20.6 Å². The predicted molar refractivity (Wildman–Crippen MR) is 164 cm³/mol. The second-order valence-corrected chi connectivity index (χ2v) is 13.9. The number of carbonyl (C=O) groups is 1. The quantitative estimate of drug-likeness (QED) is 0.276. The molecule has 1 saturated heterocycles. The van der Waals surface area contributed by atoms with Gasteiger partial charge in [0.25, 0.3) is 0 Å². The van der Waals surface area contributed by atoms with Crippen molar-refractivity contribution in [3.05, 3.63) is 34.9 Å². The van der Waals surface area contributed by atoms with Crippen LogP contribution in [0.5, 0.6) is 0 Å². The Morgan fingerprint density at radius 2 is 2.05 bits per heavy atom. The Morgan fingerprint density at radius 3 is 2.76 bits per heavy atom. The highest BCUT2D eigenvalue weighted by molar-refractivity contribution is 7.29. The number of ether oxygens (including phenoxy) is 2. The summed E-state index contributed by atoms with van der Waals surface area (Å²) in [6.07, 6.45) is 5.75. The molecule has 3 aliphatic rings. The van der Waals surface area contributed by atoms with Crippen molar-refractivity contribution in [2.75, 3.05) is 16.8 Å². The lowest BCUT2D eigenvalue weighted by Crippen LogP contribution is -2.35. The molecule has 1 aromatic carbocycles. The summed E-state index contributed by atoms with van der Waals surface area (Å²) in [5, 5.41) is 15.1. The van der Waals surface area contributed by atoms with E-state index < -0.39 is 17.5 Å². The number of benzene rings is 1. The van der Waals surface area contributed by atoms with Gasteiger partial charge in [0.1, 0.15) is 16.7 Å². The normalized spacial score (nSPS) is 19.0. The molecule has 0 bridgehead atoms. The zero-order chi connectivity index (χ0) is 29.6. The van der Waals surface area contributed by atoms with Crippen LogP contribution in [0.25, 0.3) is 32.2 Å². The van der Waals surface area contributed by atoms with Gasteiger partial charge in [0.2, 0.25) is 5.95 Å². The number of anilines is 2. The highest BCUT2D eigenvalue weighted by Gasteiger charge is 2.56. The van der Waals surface area contributed by atoms with Crippen LogP contribution in [0.4, 0.5) is 20.1 Å². The fraction of sp³-hybridized carbons (Fsp3) is 0.433. The fourth-order valence-electron chi connectivity index (χ4n) is 6.49. The third-order valence-electron chi connectivity index (χ3n) is 8.66. The van der Waals surface area contributed by atoms with E-state index in [1.807, 2.05) is 6.20 Å². The van der Waals surface area contributed by atoms with Crippen LogP contribution < -0.4 is 15.5 Å². The van der Waals surface area contributed by atoms with Gasteiger partial charge in [0, 0.05) is 39.9 Å². The van der Waals surface area contributed by atoms with Crippen LogP contribution in [0.3, 0.4) is 0 Å². The number of amides is 1. The summed E-state index contributed by atoms with van der Waals surface area (Å²) >= 11 is 0.987. The van der Waals surface area contributed by atoms with Crippen molar-refractivity contribution in [3.8, 4) is 17.3 Å². The third kappa shape index (κ3) is 4.15. The average Bonchev–Trinajstić information content (AvgIpc) is 3.27. The molecule has 2 atom stereocenters. The third-order valence-corrected chi connectivity index (χ3v) is 10.3. The first kappa shape index (κ1) is 27.4. The highest BCUT2D eigenvalue weighted by Crippen LogP contribution is 2.54. The van der Waals surface area contributed by atoms with Crippen molar-refractivity contribution >= 4 is 63.9 Å². The van der Waals surface area contributed by atoms with Crippen molar-refractivity contribution in [2.45, 2.75) is 71.3 Å². The molecule has 0 radical (unpaired) electrons. The minimum absolute atomic E-state index is 0.130. The number of fused-ring (bicyclic) bond motifs is 4. The number of nitriles is 1. The maximum Gasteiger partial charge on any atom is 0.412 e. The van der Waals surface area contributed by atoms with Gasteiger partial charge in [-0.2, -0.15) is 5.26 Å². The van der Waals surface area contributed by atoms with Gasteiger partial charge >= 0.3 is 6.09 Å². The predicted octanol–water partition coefficient (Wildman–Crippen LogP) is 6.17. The molecule has 5 heterocycles. The number of aromatic nitrogens is 3. The number of nitrogens with zero attached hydrogens (tertiary/aromatic N) is 5. The zero-order valence-corrected chi connectivity index (χ0v) is 25.8. The Morgan fingerprint density at radius 1 is 1.29 bits per heavy atom. The minimum Gasteiger partial charge on any atom is -0.444 e. The molecule has 2 aliphatic heterocycles. The lowest BCUT2D eigenvalue weighted by Gasteiger charge is -2.27. The molecule has 216 valence electrons. The summed E-state index contributed by atoms with van der Waals surface area (Å²) in [4.78, 5) is 29.4. The molecule has 1 spiro atoms. The van der Waals surface area contributed by atoms with Crippen LogP contribution in [0.15, 0.2) is 12.4 Å². The van der Waals surface area contributed by atoms with E-state index in [4.69, 9.17) is 19.4 Å². The highest BCUT2D eigenvalue weighted by atomic mass is 32.1. The van der Waals surface area contributed by atoms with Crippen molar-refractivity contribution in [3.63, 3.8) is 0 Å². The summed E-state index contributed by atoms with van der Waals surface area (Å²) in [6, 6.07) is 2.18. The molecule has 4 aromatic rings. The zero-order valence-electron chi connectivity index (χ0n) is 23.8. The van der Waals surface area contributed by atoms with Gasteiger partial charge in [0.15, 0.2) is 5.82 Å². The van der Waals surface area contributed by atoms with Crippen molar-refractivity contribution in [2.24, 2.45) is 5.92 Å². The summed E-state index contributed by atoms with van der Waals surface area (Å²) in [5.74, 6) is 0.737. The molecular weight excluding hydrogens is 574 g/mol. The number of hydrogen-bond donors (Lipinski definition) is 1. The molecule has 1 amide bonds. The number of hydrogen-bond acceptors (Lipinski definition) is 9. The van der Waals surface area contributed by atoms with Gasteiger partial charge in [-0.05, 0) is 57.1 Å². The number of rotatable bonds is 3. The summed E-state index contributed by atoms with van der Waals surface area (Å²) < 4.78 is 26.7. The molecule has 3 aromatic heterocycles. The van der Waals surface area contributed by atoms with E-state index >= 15 is 4.39 Å². The van der Waals surface area contributed by atoms with Crippen LogP contribution in [-0.4, -0.2) is 38.7 Å². The number of pyridine rings is 1. The second-order valence-electron chi connectivity index (χ2n) is 12.3. The molecule has 9 nitrogen and oxygen atoms in total. The van der Waals surface area contributed by atoms with Gasteiger partial charge in [-0.3, -0.25) is 10.3 Å². The molecule has 1 aliphatic carbocycles. The van der Waals surface area contributed by atoms with Gasteiger partial charge in [-0.25, -0.2) is 19.2 Å². The molecular formula is C30H30FN6O3PS. The summed E-state index contributed by atoms with van der Waals surface area (Å²) in [6.45, 7) is 9.20. The monoisotopic (exact) mass is 604 g/mol. The van der Waals surface area contributed by atoms with Crippen LogP contribution in [0, 0.1) is 23.1 Å². The Balaban J connectivity index is 1.42. The minimum atomic E-state index is -0.738. The molecule has 2 fully saturated rings. The van der Waals surface area contributed by atoms with E-state index in [0.717, 1.165) is 76.2 Å². The smallest absolute Gasteiger partial charge is 0.412 e. The van der Waals surface area contributed by atoms with E-state index in [0.29, 0.717) is 36.2 Å². The standard InChI is InChI=1S/C30H30FN6O3PS/c1-14-5-8-37(30(14)6-7-30)27-34-10-16-17-12-39-13-18(17)20(24(41)22(16)35-27)23-21-15(9-32)26(36-28(38)40-29(2,3)4)42-25(21)19(31)11-33-23/h10-11,14H,5-8,12-13,41H2,1-4H3,(H,36,38). The largest absolute Gasteiger partial charge is 0.444 e. The average molecular weight is 605 g/mol. The van der Waals surface area contributed by atoms with E-state index in [1.165, 1.54) is 0 Å². The van der Waals surface area contributed by atoms with Crippen molar-refractivity contribution in [1.82, 2.24) is 15.0 Å². The Labute approximate surface area is 248 Å². The molecule has 7 rings (SSSR count). The molecule has 12 heteroatoms. The molecule has 1 N–H and O–H groups in total. The molecule has 1 saturated carbocycles. The van der Waals surface area contributed by atoms with Crippen LogP contribution >= 0.6 is 20.6 Å². The maximum absolute atomic E-state index is 15.2. The lowest BCUT2D eigenvalue weighted by atomic mass is 9.94. The number of nitrogens with one attached hydrogen (secondary N) is 1. The fourth-order valence-corrected chi connectivity index (χ4v) is 8.06. The van der Waals surface area contributed by atoms with Gasteiger partial charge < -0.3 is 14.4 Å². The van der Waals surface area contributed by atoms with E-state index in [-0.39, 0.29) is 20.8 Å². The van der Waals surface area contributed by atoms with Crippen LogP contribution in [0.1, 0.15) is 63.6 Å². The topological polar surface area (TPSA) is 113 Å². The van der Waals surface area contributed by atoms with Gasteiger partial charge in [0.05, 0.1) is 40.9 Å². The number of halogens is 1. The SMILES string of the molecule is CC1CCN(c2ncc3c4c(c(-c5ncc(F)c6sc(NC(=O)OC(C)(C)C)c(C#N)c56)c(P)c3n2)COC4)C12CC2. The number of thiophene rings is 1. The van der Waals surface area contributed by atoms with Crippen LogP contribution in [0.2, 0.25) is 0 Å². The molecule has 2 unspecified atom stereocenters. The van der Waals surface area contributed by atoms with E-state index in [2.05, 4.69) is 37.4 Å².